The molecule has 1 aliphatic rings. The lowest BCUT2D eigenvalue weighted by Gasteiger charge is -2.33. The minimum Gasteiger partial charge on any atom is -0.393 e. The molecule has 0 aliphatic heterocycles. The van der Waals surface area contributed by atoms with E-state index in [-0.39, 0.29) is 6.10 Å². The number of unbranched alkanes of at least 4 members (excludes halogenated alkanes) is 2. The van der Waals surface area contributed by atoms with Gasteiger partial charge in [0.2, 0.25) is 0 Å². The summed E-state index contributed by atoms with van der Waals surface area (Å²) in [6, 6.07) is 0. The molecule has 1 aliphatic carbocycles. The molecule has 1 fully saturated rings. The minimum absolute atomic E-state index is 0.128. The SMILES string of the molecule is CCCCCC(CC[C@@H]1C(C)CC[C@H]1O)(OC)OC. The molecular weight excluding hydrogens is 240 g/mol. The predicted molar refractivity (Wildman–Crippen MR) is 78.0 cm³/mol. The van der Waals surface area contributed by atoms with Crippen molar-refractivity contribution >= 4 is 0 Å². The quantitative estimate of drug-likeness (QED) is 0.513. The number of rotatable bonds is 9. The molecule has 1 rings (SSSR count). The van der Waals surface area contributed by atoms with Crippen LogP contribution in [0.2, 0.25) is 0 Å². The average Bonchev–Trinajstić information content (AvgIpc) is 2.74. The van der Waals surface area contributed by atoms with Gasteiger partial charge in [0.15, 0.2) is 5.79 Å². The standard InChI is InChI=1S/C16H32O3/c1-5-6-7-11-16(18-3,19-4)12-10-14-13(2)8-9-15(14)17/h13-15,17H,5-12H2,1-4H3/t13?,14-,15-/m1/s1. The van der Waals surface area contributed by atoms with Gasteiger partial charge in [-0.3, -0.25) is 0 Å². The van der Waals surface area contributed by atoms with Crippen molar-refractivity contribution in [1.82, 2.24) is 0 Å². The lowest BCUT2D eigenvalue weighted by atomic mass is 9.88. The minimum atomic E-state index is -0.447. The molecule has 0 saturated heterocycles. The van der Waals surface area contributed by atoms with Crippen LogP contribution in [0.15, 0.2) is 0 Å². The maximum absolute atomic E-state index is 10.0. The number of aliphatic hydroxyl groups is 1. The summed E-state index contributed by atoms with van der Waals surface area (Å²) >= 11 is 0. The maximum atomic E-state index is 10.0. The molecule has 0 aromatic carbocycles. The van der Waals surface area contributed by atoms with Crippen LogP contribution in [0.3, 0.4) is 0 Å². The van der Waals surface area contributed by atoms with E-state index in [1.54, 1.807) is 14.2 Å². The molecule has 0 aromatic rings. The molecule has 0 aromatic heterocycles. The molecule has 0 amide bonds. The first kappa shape index (κ1) is 16.9. The van der Waals surface area contributed by atoms with Crippen LogP contribution in [-0.4, -0.2) is 31.2 Å². The first-order valence-electron chi connectivity index (χ1n) is 7.87. The number of hydrogen-bond acceptors (Lipinski definition) is 3. The van der Waals surface area contributed by atoms with Crippen LogP contribution in [-0.2, 0) is 9.47 Å². The third kappa shape index (κ3) is 4.73. The Morgan fingerprint density at radius 3 is 2.26 bits per heavy atom. The zero-order valence-corrected chi connectivity index (χ0v) is 13.2. The average molecular weight is 272 g/mol. The van der Waals surface area contributed by atoms with Crippen molar-refractivity contribution in [3.05, 3.63) is 0 Å². The number of hydrogen-bond donors (Lipinski definition) is 1. The van der Waals surface area contributed by atoms with Crippen molar-refractivity contribution in [1.29, 1.82) is 0 Å². The Morgan fingerprint density at radius 2 is 1.79 bits per heavy atom. The fourth-order valence-electron chi connectivity index (χ4n) is 3.37. The third-order valence-corrected chi connectivity index (χ3v) is 4.91. The van der Waals surface area contributed by atoms with Crippen molar-refractivity contribution in [2.24, 2.45) is 11.8 Å². The van der Waals surface area contributed by atoms with Crippen molar-refractivity contribution in [2.45, 2.75) is 77.1 Å². The summed E-state index contributed by atoms with van der Waals surface area (Å²) in [5.74, 6) is 0.588. The van der Waals surface area contributed by atoms with Crippen LogP contribution in [0.4, 0.5) is 0 Å². The Hall–Kier alpha value is -0.120. The summed E-state index contributed by atoms with van der Waals surface area (Å²) in [6.45, 7) is 4.46. The van der Waals surface area contributed by atoms with Crippen molar-refractivity contribution in [3.8, 4) is 0 Å². The van der Waals surface area contributed by atoms with Gasteiger partial charge < -0.3 is 14.6 Å². The number of aliphatic hydroxyl groups excluding tert-OH is 1. The molecule has 114 valence electrons. The van der Waals surface area contributed by atoms with Crippen LogP contribution in [0, 0.1) is 11.8 Å². The van der Waals surface area contributed by atoms with Crippen LogP contribution in [0.5, 0.6) is 0 Å². The van der Waals surface area contributed by atoms with E-state index < -0.39 is 5.79 Å². The van der Waals surface area contributed by atoms with Gasteiger partial charge in [0, 0.05) is 27.1 Å². The van der Waals surface area contributed by atoms with Gasteiger partial charge in [0.05, 0.1) is 6.10 Å². The van der Waals surface area contributed by atoms with E-state index in [1.807, 2.05) is 0 Å². The lowest BCUT2D eigenvalue weighted by molar-refractivity contribution is -0.218. The van der Waals surface area contributed by atoms with Gasteiger partial charge >= 0.3 is 0 Å². The summed E-state index contributed by atoms with van der Waals surface area (Å²) < 4.78 is 11.3. The molecule has 3 nitrogen and oxygen atoms in total. The topological polar surface area (TPSA) is 38.7 Å². The number of methoxy groups -OCH3 is 2. The lowest BCUT2D eigenvalue weighted by Crippen LogP contribution is -2.35. The van der Waals surface area contributed by atoms with Crippen LogP contribution < -0.4 is 0 Å². The Kier molecular flexibility index (Phi) is 7.33. The highest BCUT2D eigenvalue weighted by Crippen LogP contribution is 2.37. The van der Waals surface area contributed by atoms with Gasteiger partial charge in [-0.05, 0) is 37.5 Å². The summed E-state index contributed by atoms with van der Waals surface area (Å²) in [4.78, 5) is 0. The van der Waals surface area contributed by atoms with E-state index in [9.17, 15) is 5.11 Å². The Morgan fingerprint density at radius 1 is 1.11 bits per heavy atom. The molecule has 0 spiro atoms. The van der Waals surface area contributed by atoms with Crippen molar-refractivity contribution < 1.29 is 14.6 Å². The maximum Gasteiger partial charge on any atom is 0.167 e. The fraction of sp³-hybridized carbons (Fsp3) is 1.00. The fourth-order valence-corrected chi connectivity index (χ4v) is 3.37. The summed E-state index contributed by atoms with van der Waals surface area (Å²) in [6.07, 6.45) is 8.37. The second-order valence-corrected chi connectivity index (χ2v) is 6.10. The Balaban J connectivity index is 2.48. The Bertz CT molecular complexity index is 228. The van der Waals surface area contributed by atoms with Gasteiger partial charge in [-0.2, -0.15) is 0 Å². The molecule has 0 heterocycles. The zero-order chi connectivity index (χ0) is 14.3. The molecule has 3 atom stereocenters. The first-order valence-corrected chi connectivity index (χ1v) is 7.87. The van der Waals surface area contributed by atoms with Crippen molar-refractivity contribution in [2.75, 3.05) is 14.2 Å². The summed E-state index contributed by atoms with van der Waals surface area (Å²) in [5.41, 5.74) is 0. The molecule has 19 heavy (non-hydrogen) atoms. The van der Waals surface area contributed by atoms with Gasteiger partial charge in [0.1, 0.15) is 0 Å². The molecule has 3 heteroatoms. The van der Waals surface area contributed by atoms with E-state index in [1.165, 1.54) is 12.8 Å². The second kappa shape index (κ2) is 8.23. The van der Waals surface area contributed by atoms with Crippen LogP contribution >= 0.6 is 0 Å². The zero-order valence-electron chi connectivity index (χ0n) is 13.2. The molecular formula is C16H32O3. The van der Waals surface area contributed by atoms with E-state index in [4.69, 9.17) is 9.47 Å². The van der Waals surface area contributed by atoms with Gasteiger partial charge in [-0.1, -0.05) is 26.7 Å². The van der Waals surface area contributed by atoms with E-state index in [0.717, 1.165) is 38.5 Å². The van der Waals surface area contributed by atoms with E-state index in [0.29, 0.717) is 11.8 Å². The van der Waals surface area contributed by atoms with Gasteiger partial charge in [-0.15, -0.1) is 0 Å². The smallest absolute Gasteiger partial charge is 0.167 e. The van der Waals surface area contributed by atoms with E-state index in [2.05, 4.69) is 13.8 Å². The predicted octanol–water partition coefficient (Wildman–Crippen LogP) is 3.74. The monoisotopic (exact) mass is 272 g/mol. The second-order valence-electron chi connectivity index (χ2n) is 6.10. The van der Waals surface area contributed by atoms with Crippen LogP contribution in [0.25, 0.3) is 0 Å². The highest BCUT2D eigenvalue weighted by molar-refractivity contribution is 4.84. The molecule has 1 saturated carbocycles. The van der Waals surface area contributed by atoms with Gasteiger partial charge in [0.25, 0.3) is 0 Å². The van der Waals surface area contributed by atoms with Crippen LogP contribution in [0.1, 0.15) is 65.2 Å². The summed E-state index contributed by atoms with van der Waals surface area (Å²) in [7, 11) is 3.48. The first-order chi connectivity index (χ1) is 9.08. The summed E-state index contributed by atoms with van der Waals surface area (Å²) in [5, 5.41) is 10.0. The highest BCUT2D eigenvalue weighted by atomic mass is 16.7. The molecule has 1 N–H and O–H groups in total. The van der Waals surface area contributed by atoms with E-state index >= 15 is 0 Å². The molecule has 0 radical (unpaired) electrons. The Labute approximate surface area is 118 Å². The van der Waals surface area contributed by atoms with Crippen molar-refractivity contribution in [3.63, 3.8) is 0 Å². The largest absolute Gasteiger partial charge is 0.393 e. The number of ether oxygens (including phenoxy) is 2. The van der Waals surface area contributed by atoms with Gasteiger partial charge in [-0.25, -0.2) is 0 Å². The molecule has 0 bridgehead atoms. The molecule has 1 unspecified atom stereocenters. The normalized spacial score (nSPS) is 27.9. The third-order valence-electron chi connectivity index (χ3n) is 4.91. The highest BCUT2D eigenvalue weighted by Gasteiger charge is 2.36.